The molecule has 112 valence electrons. The van der Waals surface area contributed by atoms with E-state index in [-0.39, 0.29) is 0 Å². The van der Waals surface area contributed by atoms with Crippen molar-refractivity contribution in [2.75, 3.05) is 12.3 Å². The molecule has 1 fully saturated rings. The molecule has 1 aliphatic rings. The number of rotatable bonds is 6. The summed E-state index contributed by atoms with van der Waals surface area (Å²) in [4.78, 5) is 0.349. The van der Waals surface area contributed by atoms with Crippen LogP contribution in [0.5, 0.6) is 0 Å². The third kappa shape index (κ3) is 3.33. The van der Waals surface area contributed by atoms with Gasteiger partial charge in [0, 0.05) is 12.2 Å². The minimum atomic E-state index is -3.47. The monoisotopic (exact) mass is 296 g/mol. The maximum Gasteiger partial charge on any atom is 0.241 e. The smallest absolute Gasteiger partial charge is 0.241 e. The van der Waals surface area contributed by atoms with E-state index in [1.165, 1.54) is 12.8 Å². The highest BCUT2D eigenvalue weighted by Gasteiger charge is 2.23. The van der Waals surface area contributed by atoms with Crippen LogP contribution >= 0.6 is 0 Å². The first-order chi connectivity index (χ1) is 9.33. The van der Waals surface area contributed by atoms with Gasteiger partial charge in [-0.3, -0.25) is 0 Å². The molecule has 1 aromatic carbocycles. The van der Waals surface area contributed by atoms with Gasteiger partial charge in [0.2, 0.25) is 10.0 Å². The van der Waals surface area contributed by atoms with Crippen LogP contribution in [0.4, 0.5) is 5.69 Å². The zero-order valence-corrected chi connectivity index (χ0v) is 13.3. The summed E-state index contributed by atoms with van der Waals surface area (Å²) in [5.41, 5.74) is 8.77. The Kier molecular flexibility index (Phi) is 4.39. The van der Waals surface area contributed by atoms with Crippen molar-refractivity contribution in [3.8, 4) is 0 Å². The number of sulfonamides is 1. The van der Waals surface area contributed by atoms with Gasteiger partial charge in [0.25, 0.3) is 0 Å². The summed E-state index contributed by atoms with van der Waals surface area (Å²) >= 11 is 0. The molecular formula is C15H24N2O2S. The third-order valence-corrected chi connectivity index (χ3v) is 5.86. The van der Waals surface area contributed by atoms with E-state index in [4.69, 9.17) is 5.73 Å². The van der Waals surface area contributed by atoms with Gasteiger partial charge in [0.15, 0.2) is 0 Å². The number of hydrogen-bond donors (Lipinski definition) is 2. The minimum absolute atomic E-state index is 0.349. The number of hydrogen-bond acceptors (Lipinski definition) is 3. The molecule has 5 heteroatoms. The Morgan fingerprint density at radius 2 is 1.90 bits per heavy atom. The van der Waals surface area contributed by atoms with Gasteiger partial charge in [-0.15, -0.1) is 0 Å². The fourth-order valence-electron chi connectivity index (χ4n) is 2.52. The highest BCUT2D eigenvalue weighted by Crippen LogP contribution is 2.33. The summed E-state index contributed by atoms with van der Waals surface area (Å²) in [7, 11) is -3.47. The van der Waals surface area contributed by atoms with E-state index in [1.807, 2.05) is 19.9 Å². The molecule has 1 aliphatic carbocycles. The maximum atomic E-state index is 12.5. The van der Waals surface area contributed by atoms with Crippen molar-refractivity contribution in [2.45, 2.75) is 51.3 Å². The first-order valence-corrected chi connectivity index (χ1v) is 8.67. The highest BCUT2D eigenvalue weighted by molar-refractivity contribution is 7.89. The molecule has 0 saturated heterocycles. The van der Waals surface area contributed by atoms with E-state index in [9.17, 15) is 8.42 Å². The molecule has 0 heterocycles. The molecule has 0 bridgehead atoms. The predicted molar refractivity (Wildman–Crippen MR) is 82.2 cm³/mol. The van der Waals surface area contributed by atoms with Crippen LogP contribution in [0.25, 0.3) is 0 Å². The van der Waals surface area contributed by atoms with Gasteiger partial charge < -0.3 is 5.73 Å². The van der Waals surface area contributed by atoms with Crippen LogP contribution < -0.4 is 10.5 Å². The summed E-state index contributed by atoms with van der Waals surface area (Å²) < 4.78 is 27.7. The normalized spacial score (nSPS) is 15.6. The third-order valence-electron chi connectivity index (χ3n) is 4.12. The SMILES string of the molecule is Cc1cc(N)c(C)c(S(=O)(=O)NCCCC2CC2)c1C. The van der Waals surface area contributed by atoms with E-state index >= 15 is 0 Å². The van der Waals surface area contributed by atoms with Gasteiger partial charge in [0.1, 0.15) is 0 Å². The van der Waals surface area contributed by atoms with Crippen LogP contribution in [0.1, 0.15) is 42.4 Å². The fourth-order valence-corrected chi connectivity index (χ4v) is 4.16. The molecule has 0 unspecified atom stereocenters. The van der Waals surface area contributed by atoms with E-state index in [0.29, 0.717) is 22.7 Å². The minimum Gasteiger partial charge on any atom is -0.398 e. The second-order valence-electron chi connectivity index (χ2n) is 5.85. The second kappa shape index (κ2) is 5.74. The lowest BCUT2D eigenvalue weighted by Gasteiger charge is -2.16. The Morgan fingerprint density at radius 3 is 2.50 bits per heavy atom. The molecule has 0 radical (unpaired) electrons. The van der Waals surface area contributed by atoms with Crippen molar-refractivity contribution >= 4 is 15.7 Å². The molecule has 3 N–H and O–H groups in total. The predicted octanol–water partition coefficient (Wildman–Crippen LogP) is 2.66. The van der Waals surface area contributed by atoms with Crippen LogP contribution in [-0.4, -0.2) is 15.0 Å². The van der Waals surface area contributed by atoms with Gasteiger partial charge in [-0.1, -0.05) is 12.8 Å². The van der Waals surface area contributed by atoms with Crippen molar-refractivity contribution in [3.63, 3.8) is 0 Å². The Bertz CT molecular complexity index is 579. The molecule has 0 aliphatic heterocycles. The van der Waals surface area contributed by atoms with E-state index in [0.717, 1.165) is 29.9 Å². The molecule has 0 aromatic heterocycles. The lowest BCUT2D eigenvalue weighted by atomic mass is 10.1. The second-order valence-corrected chi connectivity index (χ2v) is 7.55. The standard InChI is InChI=1S/C15H24N2O2S/c1-10-9-14(16)12(3)15(11(10)2)20(18,19)17-8-4-5-13-6-7-13/h9,13,17H,4-8,16H2,1-3H3. The average molecular weight is 296 g/mol. The number of aryl methyl sites for hydroxylation is 1. The molecule has 4 nitrogen and oxygen atoms in total. The number of nitrogens with two attached hydrogens (primary N) is 1. The van der Waals surface area contributed by atoms with Crippen LogP contribution in [0, 0.1) is 26.7 Å². The topological polar surface area (TPSA) is 72.2 Å². The van der Waals surface area contributed by atoms with Gasteiger partial charge >= 0.3 is 0 Å². The Balaban J connectivity index is 2.15. The summed E-state index contributed by atoms with van der Waals surface area (Å²) in [5, 5.41) is 0. The molecule has 2 rings (SSSR count). The summed E-state index contributed by atoms with van der Waals surface area (Å²) in [6, 6.07) is 1.83. The maximum absolute atomic E-state index is 12.5. The number of nitrogen functional groups attached to an aromatic ring is 1. The van der Waals surface area contributed by atoms with Crippen molar-refractivity contribution in [3.05, 3.63) is 22.8 Å². The zero-order chi connectivity index (χ0) is 14.9. The molecule has 1 saturated carbocycles. The molecular weight excluding hydrogens is 272 g/mol. The van der Waals surface area contributed by atoms with Crippen molar-refractivity contribution in [1.29, 1.82) is 0 Å². The van der Waals surface area contributed by atoms with E-state index in [1.54, 1.807) is 6.92 Å². The lowest BCUT2D eigenvalue weighted by Crippen LogP contribution is -2.27. The molecule has 0 amide bonds. The van der Waals surface area contributed by atoms with Crippen LogP contribution in [0.2, 0.25) is 0 Å². The average Bonchev–Trinajstić information content (AvgIpc) is 3.16. The van der Waals surface area contributed by atoms with Crippen LogP contribution in [0.3, 0.4) is 0 Å². The molecule has 0 spiro atoms. The lowest BCUT2D eigenvalue weighted by molar-refractivity contribution is 0.571. The summed E-state index contributed by atoms with van der Waals surface area (Å²) in [6.07, 6.45) is 4.64. The number of benzene rings is 1. The molecule has 20 heavy (non-hydrogen) atoms. The van der Waals surface area contributed by atoms with Gasteiger partial charge in [-0.05, 0) is 62.3 Å². The highest BCUT2D eigenvalue weighted by atomic mass is 32.2. The largest absolute Gasteiger partial charge is 0.398 e. The number of anilines is 1. The van der Waals surface area contributed by atoms with Crippen molar-refractivity contribution in [2.24, 2.45) is 5.92 Å². The van der Waals surface area contributed by atoms with E-state index in [2.05, 4.69) is 4.72 Å². The van der Waals surface area contributed by atoms with Gasteiger partial charge in [-0.2, -0.15) is 0 Å². The van der Waals surface area contributed by atoms with Gasteiger partial charge in [0.05, 0.1) is 4.90 Å². The Labute approximate surface area is 121 Å². The van der Waals surface area contributed by atoms with Gasteiger partial charge in [-0.25, -0.2) is 13.1 Å². The first kappa shape index (κ1) is 15.3. The first-order valence-electron chi connectivity index (χ1n) is 7.19. The zero-order valence-electron chi connectivity index (χ0n) is 12.5. The van der Waals surface area contributed by atoms with Crippen molar-refractivity contribution < 1.29 is 8.42 Å². The van der Waals surface area contributed by atoms with Crippen LogP contribution in [-0.2, 0) is 10.0 Å². The summed E-state index contributed by atoms with van der Waals surface area (Å²) in [6.45, 7) is 5.99. The molecule has 1 aromatic rings. The summed E-state index contributed by atoms with van der Waals surface area (Å²) in [5.74, 6) is 0.831. The fraction of sp³-hybridized carbons (Fsp3) is 0.600. The molecule has 0 atom stereocenters. The van der Waals surface area contributed by atoms with Crippen molar-refractivity contribution in [1.82, 2.24) is 4.72 Å². The quantitative estimate of drug-likeness (QED) is 0.626. The van der Waals surface area contributed by atoms with Crippen LogP contribution in [0.15, 0.2) is 11.0 Å². The Morgan fingerprint density at radius 1 is 1.25 bits per heavy atom. The Hall–Kier alpha value is -1.07. The number of nitrogens with one attached hydrogen (secondary N) is 1. The van der Waals surface area contributed by atoms with E-state index < -0.39 is 10.0 Å².